The van der Waals surface area contributed by atoms with Gasteiger partial charge in [0.25, 0.3) is 5.56 Å². The first-order chi connectivity index (χ1) is 7.70. The first-order valence-electron chi connectivity index (χ1n) is 4.74. The SMILES string of the molecule is C#CCCNc1cnn(CCO)c(=O)c1Cl. The zero-order valence-corrected chi connectivity index (χ0v) is 9.37. The number of hydrogen-bond donors (Lipinski definition) is 2. The Morgan fingerprint density at radius 1 is 1.69 bits per heavy atom. The number of nitrogens with zero attached hydrogens (tertiary/aromatic N) is 2. The van der Waals surface area contributed by atoms with E-state index in [9.17, 15) is 4.79 Å². The predicted molar refractivity (Wildman–Crippen MR) is 62.5 cm³/mol. The van der Waals surface area contributed by atoms with Crippen molar-refractivity contribution >= 4 is 17.3 Å². The van der Waals surface area contributed by atoms with Gasteiger partial charge in [0.15, 0.2) is 0 Å². The molecular weight excluding hydrogens is 230 g/mol. The molecular formula is C10H12ClN3O2. The topological polar surface area (TPSA) is 67.2 Å². The number of anilines is 1. The predicted octanol–water partition coefficient (Wildman–Crippen LogP) is 0.324. The lowest BCUT2D eigenvalue weighted by Gasteiger charge is -2.08. The third kappa shape index (κ3) is 2.99. The summed E-state index contributed by atoms with van der Waals surface area (Å²) < 4.78 is 1.11. The van der Waals surface area contributed by atoms with E-state index in [1.807, 2.05) is 0 Å². The quantitative estimate of drug-likeness (QED) is 0.576. The fraction of sp³-hybridized carbons (Fsp3) is 0.400. The van der Waals surface area contributed by atoms with Gasteiger partial charge in [-0.05, 0) is 0 Å². The Kier molecular flexibility index (Phi) is 4.83. The van der Waals surface area contributed by atoms with Gasteiger partial charge in [-0.1, -0.05) is 11.6 Å². The highest BCUT2D eigenvalue weighted by atomic mass is 35.5. The van der Waals surface area contributed by atoms with Crippen LogP contribution in [0.15, 0.2) is 11.0 Å². The average molecular weight is 242 g/mol. The van der Waals surface area contributed by atoms with E-state index in [0.29, 0.717) is 18.7 Å². The van der Waals surface area contributed by atoms with Gasteiger partial charge in [-0.2, -0.15) is 5.10 Å². The molecule has 0 fully saturated rings. The van der Waals surface area contributed by atoms with Gasteiger partial charge < -0.3 is 10.4 Å². The number of halogens is 1. The fourth-order valence-electron chi connectivity index (χ4n) is 1.11. The smallest absolute Gasteiger partial charge is 0.287 e. The second-order valence-electron chi connectivity index (χ2n) is 3.01. The molecule has 5 nitrogen and oxygen atoms in total. The highest BCUT2D eigenvalue weighted by Crippen LogP contribution is 2.14. The van der Waals surface area contributed by atoms with Crippen LogP contribution in [-0.4, -0.2) is 28.0 Å². The van der Waals surface area contributed by atoms with Crippen LogP contribution < -0.4 is 10.9 Å². The Hall–Kier alpha value is -1.51. The summed E-state index contributed by atoms with van der Waals surface area (Å²) in [5, 5.41) is 15.5. The molecule has 16 heavy (non-hydrogen) atoms. The van der Waals surface area contributed by atoms with E-state index >= 15 is 0 Å². The molecule has 0 atom stereocenters. The van der Waals surface area contributed by atoms with E-state index in [2.05, 4.69) is 16.3 Å². The van der Waals surface area contributed by atoms with Crippen LogP contribution in [0.5, 0.6) is 0 Å². The summed E-state index contributed by atoms with van der Waals surface area (Å²) in [6.07, 6.45) is 7.07. The number of aromatic nitrogens is 2. The summed E-state index contributed by atoms with van der Waals surface area (Å²) in [6.45, 7) is 0.498. The summed E-state index contributed by atoms with van der Waals surface area (Å²) in [5.74, 6) is 2.46. The molecule has 0 aliphatic rings. The first kappa shape index (κ1) is 12.6. The van der Waals surface area contributed by atoms with Crippen LogP contribution in [-0.2, 0) is 6.54 Å². The van der Waals surface area contributed by atoms with E-state index in [1.54, 1.807) is 0 Å². The highest BCUT2D eigenvalue weighted by Gasteiger charge is 2.07. The molecule has 0 aromatic carbocycles. The largest absolute Gasteiger partial charge is 0.394 e. The van der Waals surface area contributed by atoms with Gasteiger partial charge in [0, 0.05) is 13.0 Å². The van der Waals surface area contributed by atoms with Crippen molar-refractivity contribution in [3.63, 3.8) is 0 Å². The molecule has 0 saturated heterocycles. The van der Waals surface area contributed by atoms with E-state index in [4.69, 9.17) is 23.1 Å². The first-order valence-corrected chi connectivity index (χ1v) is 5.12. The van der Waals surface area contributed by atoms with Crippen molar-refractivity contribution in [2.45, 2.75) is 13.0 Å². The van der Waals surface area contributed by atoms with Gasteiger partial charge in [-0.25, -0.2) is 4.68 Å². The van der Waals surface area contributed by atoms with Crippen LogP contribution in [0, 0.1) is 12.3 Å². The molecule has 2 N–H and O–H groups in total. The third-order valence-electron chi connectivity index (χ3n) is 1.88. The number of nitrogens with one attached hydrogen (secondary N) is 1. The lowest BCUT2D eigenvalue weighted by Crippen LogP contribution is -2.25. The Labute approximate surface area is 98.0 Å². The van der Waals surface area contributed by atoms with Crippen molar-refractivity contribution in [3.05, 3.63) is 21.6 Å². The van der Waals surface area contributed by atoms with E-state index < -0.39 is 5.56 Å². The number of terminal acetylenes is 1. The zero-order chi connectivity index (χ0) is 12.0. The molecule has 0 radical (unpaired) electrons. The Morgan fingerprint density at radius 2 is 2.44 bits per heavy atom. The van der Waals surface area contributed by atoms with Crippen LogP contribution in [0.4, 0.5) is 5.69 Å². The van der Waals surface area contributed by atoms with Gasteiger partial charge in [0.2, 0.25) is 0 Å². The van der Waals surface area contributed by atoms with Crippen molar-refractivity contribution in [3.8, 4) is 12.3 Å². The van der Waals surface area contributed by atoms with Gasteiger partial charge in [0.1, 0.15) is 5.02 Å². The standard InChI is InChI=1S/C10H12ClN3O2/c1-2-3-4-12-8-7-13-14(5-6-15)10(16)9(8)11/h1,7,12,15H,3-6H2. The molecule has 0 amide bonds. The van der Waals surface area contributed by atoms with E-state index in [1.165, 1.54) is 6.20 Å². The van der Waals surface area contributed by atoms with Gasteiger partial charge in [-0.15, -0.1) is 12.3 Å². The molecule has 0 spiro atoms. The molecule has 0 aliphatic heterocycles. The Morgan fingerprint density at radius 3 is 3.06 bits per heavy atom. The number of hydrogen-bond acceptors (Lipinski definition) is 4. The maximum Gasteiger partial charge on any atom is 0.287 e. The second kappa shape index (κ2) is 6.16. The van der Waals surface area contributed by atoms with Crippen LogP contribution in [0.3, 0.4) is 0 Å². The molecule has 0 saturated carbocycles. The van der Waals surface area contributed by atoms with Crippen LogP contribution in [0.2, 0.25) is 5.02 Å². The highest BCUT2D eigenvalue weighted by molar-refractivity contribution is 6.32. The summed E-state index contributed by atoms with van der Waals surface area (Å²) >= 11 is 5.84. The Balaban J connectivity index is 2.86. The lowest BCUT2D eigenvalue weighted by molar-refractivity contribution is 0.266. The fourth-order valence-corrected chi connectivity index (χ4v) is 1.32. The van der Waals surface area contributed by atoms with Crippen molar-refractivity contribution in [1.82, 2.24) is 9.78 Å². The van der Waals surface area contributed by atoms with E-state index in [0.717, 1.165) is 4.68 Å². The van der Waals surface area contributed by atoms with Crippen molar-refractivity contribution in [2.24, 2.45) is 0 Å². The van der Waals surface area contributed by atoms with Crippen LogP contribution in [0.25, 0.3) is 0 Å². The summed E-state index contributed by atoms with van der Waals surface area (Å²) in [4.78, 5) is 11.6. The van der Waals surface area contributed by atoms with Gasteiger partial charge >= 0.3 is 0 Å². The second-order valence-corrected chi connectivity index (χ2v) is 3.38. The number of aliphatic hydroxyl groups excluding tert-OH is 1. The molecule has 0 bridgehead atoms. The Bertz CT molecular complexity index is 450. The molecule has 1 aromatic heterocycles. The molecule has 0 aliphatic carbocycles. The molecule has 86 valence electrons. The van der Waals surface area contributed by atoms with Crippen molar-refractivity contribution in [1.29, 1.82) is 0 Å². The normalized spacial score (nSPS) is 9.81. The summed E-state index contributed by atoms with van der Waals surface area (Å²) in [5.41, 5.74) is 0.0255. The van der Waals surface area contributed by atoms with Gasteiger partial charge in [-0.3, -0.25) is 4.79 Å². The van der Waals surface area contributed by atoms with Gasteiger partial charge in [0.05, 0.1) is 25.0 Å². The summed E-state index contributed by atoms with van der Waals surface area (Å²) in [6, 6.07) is 0. The van der Waals surface area contributed by atoms with Crippen molar-refractivity contribution < 1.29 is 5.11 Å². The maximum atomic E-state index is 11.6. The van der Waals surface area contributed by atoms with Crippen LogP contribution >= 0.6 is 11.6 Å². The average Bonchev–Trinajstić information content (AvgIpc) is 2.28. The minimum absolute atomic E-state index is 0.0560. The molecule has 1 heterocycles. The molecule has 1 aromatic rings. The zero-order valence-electron chi connectivity index (χ0n) is 8.61. The minimum Gasteiger partial charge on any atom is -0.394 e. The van der Waals surface area contributed by atoms with Crippen molar-refractivity contribution in [2.75, 3.05) is 18.5 Å². The molecule has 6 heteroatoms. The van der Waals surface area contributed by atoms with Crippen LogP contribution in [0.1, 0.15) is 6.42 Å². The monoisotopic (exact) mass is 241 g/mol. The lowest BCUT2D eigenvalue weighted by atomic mass is 10.4. The molecule has 1 rings (SSSR count). The van der Waals surface area contributed by atoms with E-state index in [-0.39, 0.29) is 18.2 Å². The maximum absolute atomic E-state index is 11.6. The third-order valence-corrected chi connectivity index (χ3v) is 2.25. The minimum atomic E-state index is -0.429. The number of rotatable bonds is 5. The molecule has 0 unspecified atom stereocenters. The number of aliphatic hydroxyl groups is 1. The summed E-state index contributed by atoms with van der Waals surface area (Å²) in [7, 11) is 0.